The Labute approximate surface area is 177 Å². The molecular weight excluding hydrogens is 434 g/mol. The van der Waals surface area contributed by atoms with Gasteiger partial charge >= 0.3 is 0 Å². The highest BCUT2D eigenvalue weighted by molar-refractivity contribution is 7.89. The molecule has 0 aliphatic carbocycles. The maximum absolute atomic E-state index is 14.3. The summed E-state index contributed by atoms with van der Waals surface area (Å²) in [7, 11) is -4.32. The van der Waals surface area contributed by atoms with Crippen molar-refractivity contribution in [3.8, 4) is 0 Å². The van der Waals surface area contributed by atoms with Crippen molar-refractivity contribution in [2.75, 3.05) is 0 Å². The van der Waals surface area contributed by atoms with Crippen LogP contribution in [-0.2, 0) is 21.4 Å². The average Bonchev–Trinajstić information content (AvgIpc) is 2.70. The van der Waals surface area contributed by atoms with Crippen LogP contribution in [0.15, 0.2) is 77.7 Å². The van der Waals surface area contributed by atoms with E-state index in [2.05, 4.69) is 0 Å². The van der Waals surface area contributed by atoms with E-state index in [1.807, 2.05) is 0 Å². The molecule has 3 aromatic carbocycles. The van der Waals surface area contributed by atoms with Crippen molar-refractivity contribution in [3.05, 3.63) is 101 Å². The highest BCUT2D eigenvalue weighted by Gasteiger charge is 2.36. The number of benzene rings is 3. The van der Waals surface area contributed by atoms with Crippen molar-refractivity contribution >= 4 is 27.5 Å². The molecule has 1 amide bonds. The summed E-state index contributed by atoms with van der Waals surface area (Å²) >= 11 is 5.85. The number of carbonyl (C=O) groups is 1. The number of nitrogens with zero attached hydrogens (tertiary/aromatic N) is 1. The summed E-state index contributed by atoms with van der Waals surface area (Å²) in [5.41, 5.74) is 5.76. The van der Waals surface area contributed by atoms with Crippen LogP contribution in [0, 0.1) is 11.6 Å². The zero-order valence-electron chi connectivity index (χ0n) is 15.5. The van der Waals surface area contributed by atoms with Gasteiger partial charge in [0.2, 0.25) is 15.9 Å². The molecule has 0 fully saturated rings. The first kappa shape index (κ1) is 21.9. The minimum absolute atomic E-state index is 0.115. The van der Waals surface area contributed by atoms with Gasteiger partial charge in [-0.15, -0.1) is 0 Å². The topological polar surface area (TPSA) is 80.5 Å². The molecule has 3 rings (SSSR count). The fraction of sp³-hybridized carbons (Fsp3) is 0.0952. The van der Waals surface area contributed by atoms with E-state index in [-0.39, 0.29) is 10.5 Å². The molecule has 0 saturated carbocycles. The van der Waals surface area contributed by atoms with E-state index >= 15 is 0 Å². The van der Waals surface area contributed by atoms with Crippen LogP contribution < -0.4 is 5.73 Å². The van der Waals surface area contributed by atoms with Gasteiger partial charge in [0, 0.05) is 23.2 Å². The first-order valence-electron chi connectivity index (χ1n) is 8.76. The minimum atomic E-state index is -4.32. The Kier molecular flexibility index (Phi) is 6.50. The number of nitrogens with two attached hydrogens (primary N) is 1. The lowest BCUT2D eigenvalue weighted by Gasteiger charge is -2.29. The maximum Gasteiger partial charge on any atom is 0.244 e. The van der Waals surface area contributed by atoms with Crippen LogP contribution in [0.1, 0.15) is 17.2 Å². The Hall–Kier alpha value is -2.81. The van der Waals surface area contributed by atoms with Gasteiger partial charge in [-0.25, -0.2) is 17.2 Å². The summed E-state index contributed by atoms with van der Waals surface area (Å²) in [4.78, 5) is 12.2. The molecule has 0 heterocycles. The van der Waals surface area contributed by atoms with Crippen molar-refractivity contribution in [2.45, 2.75) is 17.5 Å². The lowest BCUT2D eigenvalue weighted by Crippen LogP contribution is -2.41. The fourth-order valence-electron chi connectivity index (χ4n) is 2.98. The molecule has 5 nitrogen and oxygen atoms in total. The normalized spacial score (nSPS) is 12.7. The zero-order chi connectivity index (χ0) is 21.9. The summed E-state index contributed by atoms with van der Waals surface area (Å²) in [5.74, 6) is -2.69. The quantitative estimate of drug-likeness (QED) is 0.590. The number of primary amides is 1. The average molecular weight is 451 g/mol. The smallest absolute Gasteiger partial charge is 0.244 e. The maximum atomic E-state index is 14.3. The lowest BCUT2D eigenvalue weighted by atomic mass is 10.1. The van der Waals surface area contributed by atoms with Crippen LogP contribution in [0.5, 0.6) is 0 Å². The number of carbonyl (C=O) groups excluding carboxylic acids is 1. The number of halogens is 3. The molecule has 2 N–H and O–H groups in total. The Morgan fingerprint density at radius 3 is 2.20 bits per heavy atom. The molecule has 0 bridgehead atoms. The highest BCUT2D eigenvalue weighted by atomic mass is 35.5. The summed E-state index contributed by atoms with van der Waals surface area (Å²) in [5, 5.41) is 0.319. The van der Waals surface area contributed by atoms with Crippen LogP contribution in [0.25, 0.3) is 0 Å². The van der Waals surface area contributed by atoms with Crippen LogP contribution in [-0.4, -0.2) is 18.6 Å². The second-order valence-electron chi connectivity index (χ2n) is 6.46. The fourth-order valence-corrected chi connectivity index (χ4v) is 4.67. The van der Waals surface area contributed by atoms with Gasteiger partial charge in [0.1, 0.15) is 17.7 Å². The number of sulfonamides is 1. The molecule has 1 atom stereocenters. The Balaban J connectivity index is 2.16. The number of hydrogen-bond donors (Lipinski definition) is 1. The van der Waals surface area contributed by atoms with Crippen molar-refractivity contribution in [1.82, 2.24) is 4.31 Å². The van der Waals surface area contributed by atoms with Gasteiger partial charge < -0.3 is 5.73 Å². The standard InChI is InChI=1S/C21H17ClF2N2O3S/c22-16-7-10-18(11-8-16)30(28,29)26(13-15-6-9-17(23)12-19(15)24)20(21(25)27)14-4-2-1-3-5-14/h1-12,20H,13H2,(H2,25,27). The van der Waals surface area contributed by atoms with Crippen molar-refractivity contribution in [2.24, 2.45) is 5.73 Å². The van der Waals surface area contributed by atoms with Crippen molar-refractivity contribution in [1.29, 1.82) is 0 Å². The molecule has 1 unspecified atom stereocenters. The Bertz CT molecular complexity index is 1160. The molecule has 9 heteroatoms. The van der Waals surface area contributed by atoms with E-state index < -0.39 is 40.2 Å². The van der Waals surface area contributed by atoms with E-state index in [1.54, 1.807) is 30.3 Å². The van der Waals surface area contributed by atoms with E-state index in [9.17, 15) is 22.0 Å². The van der Waals surface area contributed by atoms with Gasteiger partial charge in [-0.2, -0.15) is 4.31 Å². The summed E-state index contributed by atoms with van der Waals surface area (Å²) in [6.45, 7) is -0.542. The first-order valence-corrected chi connectivity index (χ1v) is 10.6. The van der Waals surface area contributed by atoms with Crippen LogP contribution >= 0.6 is 11.6 Å². The van der Waals surface area contributed by atoms with Gasteiger partial charge in [0.25, 0.3) is 0 Å². The van der Waals surface area contributed by atoms with Gasteiger partial charge in [-0.05, 0) is 35.9 Å². The zero-order valence-corrected chi connectivity index (χ0v) is 17.1. The van der Waals surface area contributed by atoms with Gasteiger partial charge in [-0.3, -0.25) is 4.79 Å². The number of rotatable bonds is 7. The van der Waals surface area contributed by atoms with E-state index in [1.165, 1.54) is 24.3 Å². The first-order chi connectivity index (χ1) is 14.2. The van der Waals surface area contributed by atoms with Crippen LogP contribution in [0.4, 0.5) is 8.78 Å². The molecule has 0 aliphatic rings. The third kappa shape index (κ3) is 4.67. The molecule has 0 radical (unpaired) electrons. The molecule has 0 aromatic heterocycles. The molecule has 156 valence electrons. The number of hydrogen-bond acceptors (Lipinski definition) is 3. The molecule has 0 aliphatic heterocycles. The summed E-state index contributed by atoms with van der Waals surface area (Å²) in [6.07, 6.45) is 0. The van der Waals surface area contributed by atoms with Crippen molar-refractivity contribution < 1.29 is 22.0 Å². The van der Waals surface area contributed by atoms with Gasteiger partial charge in [0.15, 0.2) is 0 Å². The SMILES string of the molecule is NC(=O)C(c1ccccc1)N(Cc1ccc(F)cc1F)S(=O)(=O)c1ccc(Cl)cc1. The molecule has 3 aromatic rings. The molecule has 0 saturated heterocycles. The highest BCUT2D eigenvalue weighted by Crippen LogP contribution is 2.31. The molecule has 0 spiro atoms. The van der Waals surface area contributed by atoms with Gasteiger partial charge in [0.05, 0.1) is 4.90 Å². The second-order valence-corrected chi connectivity index (χ2v) is 8.78. The summed E-state index contributed by atoms with van der Waals surface area (Å²) in [6, 6.07) is 14.7. The lowest BCUT2D eigenvalue weighted by molar-refractivity contribution is -0.122. The van der Waals surface area contributed by atoms with Crippen LogP contribution in [0.2, 0.25) is 5.02 Å². The predicted molar refractivity (Wildman–Crippen MR) is 109 cm³/mol. The van der Waals surface area contributed by atoms with Crippen molar-refractivity contribution in [3.63, 3.8) is 0 Å². The Morgan fingerprint density at radius 1 is 1.00 bits per heavy atom. The monoisotopic (exact) mass is 450 g/mol. The number of amides is 1. The van der Waals surface area contributed by atoms with E-state index in [0.29, 0.717) is 16.7 Å². The van der Waals surface area contributed by atoms with E-state index in [0.717, 1.165) is 16.4 Å². The third-order valence-electron chi connectivity index (χ3n) is 4.43. The molecular formula is C21H17ClF2N2O3S. The largest absolute Gasteiger partial charge is 0.368 e. The summed E-state index contributed by atoms with van der Waals surface area (Å²) < 4.78 is 55.3. The predicted octanol–water partition coefficient (Wildman–Crippen LogP) is 4.04. The Morgan fingerprint density at radius 2 is 1.63 bits per heavy atom. The van der Waals surface area contributed by atoms with E-state index in [4.69, 9.17) is 17.3 Å². The minimum Gasteiger partial charge on any atom is -0.368 e. The third-order valence-corrected chi connectivity index (χ3v) is 6.51. The van der Waals surface area contributed by atoms with Crippen LogP contribution in [0.3, 0.4) is 0 Å². The molecule has 30 heavy (non-hydrogen) atoms. The van der Waals surface area contributed by atoms with Gasteiger partial charge in [-0.1, -0.05) is 48.0 Å². The second kappa shape index (κ2) is 8.91.